The maximum absolute atomic E-state index is 11.8. The zero-order chi connectivity index (χ0) is 17.4. The molecule has 0 aliphatic heterocycles. The number of benzene rings is 2. The Morgan fingerprint density at radius 3 is 2.62 bits per heavy atom. The number of phenols is 1. The van der Waals surface area contributed by atoms with Crippen molar-refractivity contribution in [1.82, 2.24) is 5.32 Å². The number of carbonyl (C=O) groups excluding carboxylic acids is 1. The monoisotopic (exact) mass is 348 g/mol. The molecule has 2 aromatic carbocycles. The van der Waals surface area contributed by atoms with Crippen molar-refractivity contribution in [3.05, 3.63) is 53.1 Å². The van der Waals surface area contributed by atoms with Gasteiger partial charge >= 0.3 is 0 Å². The molecule has 24 heavy (non-hydrogen) atoms. The van der Waals surface area contributed by atoms with E-state index in [0.29, 0.717) is 30.3 Å². The molecule has 0 heterocycles. The third kappa shape index (κ3) is 5.76. The second kappa shape index (κ2) is 9.15. The molecule has 5 nitrogen and oxygen atoms in total. The Balaban J connectivity index is 1.65. The van der Waals surface area contributed by atoms with E-state index >= 15 is 0 Å². The van der Waals surface area contributed by atoms with Crippen LogP contribution in [0.1, 0.15) is 18.4 Å². The molecule has 0 spiro atoms. The first kappa shape index (κ1) is 18.1. The van der Waals surface area contributed by atoms with Crippen molar-refractivity contribution in [3.8, 4) is 11.5 Å². The van der Waals surface area contributed by atoms with Crippen LogP contribution in [-0.4, -0.2) is 24.7 Å². The molecule has 1 amide bonds. The number of aromatic hydroxyl groups is 1. The summed E-state index contributed by atoms with van der Waals surface area (Å²) in [6.45, 7) is 1.33. The van der Waals surface area contributed by atoms with E-state index in [2.05, 4.69) is 10.6 Å². The summed E-state index contributed by atoms with van der Waals surface area (Å²) in [6, 6.07) is 12.3. The number of carbonyl (C=O) groups is 1. The molecule has 0 aliphatic rings. The summed E-state index contributed by atoms with van der Waals surface area (Å²) in [5, 5.41) is 16.4. The van der Waals surface area contributed by atoms with E-state index in [0.717, 1.165) is 17.7 Å². The molecule has 0 saturated heterocycles. The van der Waals surface area contributed by atoms with Gasteiger partial charge in [-0.05, 0) is 54.9 Å². The van der Waals surface area contributed by atoms with Gasteiger partial charge in [0.2, 0.25) is 5.91 Å². The van der Waals surface area contributed by atoms with Gasteiger partial charge in [-0.1, -0.05) is 17.7 Å². The zero-order valence-electron chi connectivity index (χ0n) is 13.5. The number of halogens is 1. The summed E-state index contributed by atoms with van der Waals surface area (Å²) in [7, 11) is 1.52. The summed E-state index contributed by atoms with van der Waals surface area (Å²) in [5.74, 6) is 0.554. The normalized spacial score (nSPS) is 10.4. The maximum atomic E-state index is 11.8. The number of amides is 1. The highest BCUT2D eigenvalue weighted by atomic mass is 35.5. The fourth-order valence-corrected chi connectivity index (χ4v) is 2.33. The van der Waals surface area contributed by atoms with E-state index < -0.39 is 0 Å². The van der Waals surface area contributed by atoms with Crippen LogP contribution in [0.25, 0.3) is 0 Å². The number of hydrogen-bond acceptors (Lipinski definition) is 4. The Hall–Kier alpha value is -2.24. The third-order valence-corrected chi connectivity index (χ3v) is 3.71. The smallest absolute Gasteiger partial charge is 0.224 e. The first-order valence-electron chi connectivity index (χ1n) is 7.70. The Morgan fingerprint density at radius 2 is 1.96 bits per heavy atom. The molecule has 2 rings (SSSR count). The first-order chi connectivity index (χ1) is 11.6. The molecule has 0 fully saturated rings. The maximum Gasteiger partial charge on any atom is 0.224 e. The molecule has 0 saturated carbocycles. The summed E-state index contributed by atoms with van der Waals surface area (Å²) in [5.41, 5.74) is 1.70. The third-order valence-electron chi connectivity index (χ3n) is 3.46. The molecule has 128 valence electrons. The molecule has 0 aliphatic carbocycles. The highest BCUT2D eigenvalue weighted by Crippen LogP contribution is 2.26. The second-order valence-corrected chi connectivity index (χ2v) is 5.78. The molecule has 0 bridgehead atoms. The number of ether oxygens (including phenoxy) is 1. The number of anilines is 1. The summed E-state index contributed by atoms with van der Waals surface area (Å²) in [4.78, 5) is 11.8. The molecule has 3 N–H and O–H groups in total. The molecule has 0 atom stereocenters. The van der Waals surface area contributed by atoms with Crippen LogP contribution in [0, 0.1) is 0 Å². The predicted molar refractivity (Wildman–Crippen MR) is 95.7 cm³/mol. The van der Waals surface area contributed by atoms with Gasteiger partial charge in [0.1, 0.15) is 0 Å². The van der Waals surface area contributed by atoms with Gasteiger partial charge in [0, 0.05) is 23.7 Å². The van der Waals surface area contributed by atoms with Gasteiger partial charge in [-0.15, -0.1) is 0 Å². The van der Waals surface area contributed by atoms with Crippen LogP contribution in [0.3, 0.4) is 0 Å². The molecule has 6 heteroatoms. The van der Waals surface area contributed by atoms with Gasteiger partial charge in [0.25, 0.3) is 0 Å². The van der Waals surface area contributed by atoms with Crippen LogP contribution >= 0.6 is 11.6 Å². The molecular formula is C18H21ClN2O3. The Bertz CT molecular complexity index is 674. The van der Waals surface area contributed by atoms with E-state index in [9.17, 15) is 9.90 Å². The lowest BCUT2D eigenvalue weighted by Gasteiger charge is -2.08. The minimum Gasteiger partial charge on any atom is -0.504 e. The lowest BCUT2D eigenvalue weighted by molar-refractivity contribution is -0.116. The van der Waals surface area contributed by atoms with Crippen LogP contribution in [0.4, 0.5) is 5.69 Å². The number of hydrogen-bond donors (Lipinski definition) is 3. The van der Waals surface area contributed by atoms with E-state index in [1.54, 1.807) is 36.4 Å². The Labute approximate surface area is 146 Å². The van der Waals surface area contributed by atoms with Crippen LogP contribution in [-0.2, 0) is 11.3 Å². The SMILES string of the molecule is COc1ccc(CNCCCC(=O)Nc2ccc(Cl)cc2)cc1O. The second-order valence-electron chi connectivity index (χ2n) is 5.34. The fraction of sp³-hybridized carbons (Fsp3) is 0.278. The summed E-state index contributed by atoms with van der Waals surface area (Å²) < 4.78 is 5.00. The van der Waals surface area contributed by atoms with E-state index in [4.69, 9.17) is 16.3 Å². The largest absolute Gasteiger partial charge is 0.504 e. The van der Waals surface area contributed by atoms with Crippen LogP contribution in [0.15, 0.2) is 42.5 Å². The van der Waals surface area contributed by atoms with Gasteiger partial charge in [-0.3, -0.25) is 4.79 Å². The lowest BCUT2D eigenvalue weighted by atomic mass is 10.2. The van der Waals surface area contributed by atoms with Crippen LogP contribution in [0.5, 0.6) is 11.5 Å². The highest BCUT2D eigenvalue weighted by Gasteiger charge is 2.04. The van der Waals surface area contributed by atoms with Crippen molar-refractivity contribution in [2.45, 2.75) is 19.4 Å². The van der Waals surface area contributed by atoms with Gasteiger partial charge < -0.3 is 20.5 Å². The first-order valence-corrected chi connectivity index (χ1v) is 8.08. The van der Waals surface area contributed by atoms with Gasteiger partial charge in [0.15, 0.2) is 11.5 Å². The topological polar surface area (TPSA) is 70.6 Å². The predicted octanol–water partition coefficient (Wildman–Crippen LogP) is 3.56. The van der Waals surface area contributed by atoms with E-state index in [1.807, 2.05) is 6.07 Å². The molecule has 0 unspecified atom stereocenters. The highest BCUT2D eigenvalue weighted by molar-refractivity contribution is 6.30. The lowest BCUT2D eigenvalue weighted by Crippen LogP contribution is -2.18. The number of phenolic OH excluding ortho intramolecular Hbond substituents is 1. The van der Waals surface area contributed by atoms with E-state index in [-0.39, 0.29) is 11.7 Å². The quantitative estimate of drug-likeness (QED) is 0.638. The van der Waals surface area contributed by atoms with E-state index in [1.165, 1.54) is 7.11 Å². The van der Waals surface area contributed by atoms with Crippen molar-refractivity contribution in [2.24, 2.45) is 0 Å². The van der Waals surface area contributed by atoms with Crippen molar-refractivity contribution in [1.29, 1.82) is 0 Å². The van der Waals surface area contributed by atoms with Crippen LogP contribution < -0.4 is 15.4 Å². The van der Waals surface area contributed by atoms with Crippen molar-refractivity contribution >= 4 is 23.2 Å². The molecular weight excluding hydrogens is 328 g/mol. The molecule has 2 aromatic rings. The van der Waals surface area contributed by atoms with Gasteiger partial charge in [0.05, 0.1) is 7.11 Å². The zero-order valence-corrected chi connectivity index (χ0v) is 14.3. The molecule has 0 radical (unpaired) electrons. The van der Waals surface area contributed by atoms with Gasteiger partial charge in [-0.2, -0.15) is 0 Å². The van der Waals surface area contributed by atoms with Crippen molar-refractivity contribution in [2.75, 3.05) is 19.0 Å². The minimum absolute atomic E-state index is 0.0267. The van der Waals surface area contributed by atoms with Crippen molar-refractivity contribution < 1.29 is 14.6 Å². The average molecular weight is 349 g/mol. The molecule has 0 aromatic heterocycles. The summed E-state index contributed by atoms with van der Waals surface area (Å²) in [6.07, 6.45) is 1.16. The van der Waals surface area contributed by atoms with Crippen LogP contribution in [0.2, 0.25) is 5.02 Å². The minimum atomic E-state index is -0.0267. The van der Waals surface area contributed by atoms with Gasteiger partial charge in [-0.25, -0.2) is 0 Å². The number of rotatable bonds is 8. The Kier molecular flexibility index (Phi) is 6.90. The van der Waals surface area contributed by atoms with Crippen molar-refractivity contribution in [3.63, 3.8) is 0 Å². The standard InChI is InChI=1S/C18H21ClN2O3/c1-24-17-9-4-13(11-16(17)22)12-20-10-2-3-18(23)21-15-7-5-14(19)6-8-15/h4-9,11,20,22H,2-3,10,12H2,1H3,(H,21,23). The number of nitrogens with one attached hydrogen (secondary N) is 2. The Morgan fingerprint density at radius 1 is 1.21 bits per heavy atom. The summed E-state index contributed by atoms with van der Waals surface area (Å²) >= 11 is 5.80. The average Bonchev–Trinajstić information content (AvgIpc) is 2.57. The number of methoxy groups -OCH3 is 1. The fourth-order valence-electron chi connectivity index (χ4n) is 2.21.